The van der Waals surface area contributed by atoms with Crippen LogP contribution in [-0.2, 0) is 0 Å². The van der Waals surface area contributed by atoms with E-state index in [-0.39, 0.29) is 6.03 Å². The first-order valence-corrected chi connectivity index (χ1v) is 8.92. The van der Waals surface area contributed by atoms with Crippen molar-refractivity contribution >= 4 is 11.8 Å². The van der Waals surface area contributed by atoms with Gasteiger partial charge in [0.2, 0.25) is 0 Å². The van der Waals surface area contributed by atoms with Gasteiger partial charge in [0.1, 0.15) is 5.76 Å². The lowest BCUT2D eigenvalue weighted by Crippen LogP contribution is -2.39. The summed E-state index contributed by atoms with van der Waals surface area (Å²) < 4.78 is 4.99. The number of nitrogens with zero attached hydrogens (tertiary/aromatic N) is 3. The summed E-state index contributed by atoms with van der Waals surface area (Å²) >= 11 is 0. The Morgan fingerprint density at radius 3 is 2.78 bits per heavy atom. The molecule has 2 amide bonds. The highest BCUT2D eigenvalue weighted by Crippen LogP contribution is 2.24. The van der Waals surface area contributed by atoms with Gasteiger partial charge in [0.15, 0.2) is 5.82 Å². The predicted octanol–water partition coefficient (Wildman–Crippen LogP) is 3.10. The van der Waals surface area contributed by atoms with E-state index >= 15 is 0 Å². The largest absolute Gasteiger partial charge is 0.360 e. The fourth-order valence-electron chi connectivity index (χ4n) is 3.71. The number of anilines is 1. The molecule has 1 aromatic rings. The van der Waals surface area contributed by atoms with Crippen LogP contribution in [0.25, 0.3) is 0 Å². The highest BCUT2D eigenvalue weighted by molar-refractivity contribution is 5.88. The quantitative estimate of drug-likeness (QED) is 0.929. The molecule has 0 bridgehead atoms. The Balaban J connectivity index is 1.46. The van der Waals surface area contributed by atoms with Crippen LogP contribution < -0.4 is 5.32 Å². The zero-order valence-electron chi connectivity index (χ0n) is 14.1. The van der Waals surface area contributed by atoms with Crippen molar-refractivity contribution in [1.29, 1.82) is 0 Å². The number of amides is 2. The molecule has 2 aliphatic rings. The van der Waals surface area contributed by atoms with Gasteiger partial charge in [0, 0.05) is 32.2 Å². The number of rotatable bonds is 3. The summed E-state index contributed by atoms with van der Waals surface area (Å²) in [5, 5.41) is 6.64. The predicted molar refractivity (Wildman–Crippen MR) is 89.5 cm³/mol. The van der Waals surface area contributed by atoms with Crippen molar-refractivity contribution in [3.63, 3.8) is 0 Å². The second-order valence-electron chi connectivity index (χ2n) is 6.90. The summed E-state index contributed by atoms with van der Waals surface area (Å²) in [4.78, 5) is 16.8. The molecule has 0 spiro atoms. The Hall–Kier alpha value is -1.56. The molecular weight excluding hydrogens is 292 g/mol. The first-order valence-electron chi connectivity index (χ1n) is 8.92. The zero-order chi connectivity index (χ0) is 16.1. The van der Waals surface area contributed by atoms with Crippen LogP contribution in [0.2, 0.25) is 0 Å². The van der Waals surface area contributed by atoms with Crippen molar-refractivity contribution in [2.75, 3.05) is 38.0 Å². The van der Waals surface area contributed by atoms with E-state index in [1.807, 2.05) is 11.8 Å². The molecule has 1 N–H and O–H groups in total. The fourth-order valence-corrected chi connectivity index (χ4v) is 3.71. The molecule has 128 valence electrons. The smallest absolute Gasteiger partial charge is 0.323 e. The molecule has 6 heteroatoms. The normalized spacial score (nSPS) is 21.2. The Morgan fingerprint density at radius 1 is 1.22 bits per heavy atom. The van der Waals surface area contributed by atoms with Crippen molar-refractivity contribution in [1.82, 2.24) is 15.0 Å². The van der Waals surface area contributed by atoms with Crippen molar-refractivity contribution in [2.24, 2.45) is 5.92 Å². The number of aromatic nitrogens is 1. The molecule has 0 unspecified atom stereocenters. The van der Waals surface area contributed by atoms with Crippen LogP contribution in [0.5, 0.6) is 0 Å². The first kappa shape index (κ1) is 16.3. The highest BCUT2D eigenvalue weighted by Gasteiger charge is 2.22. The monoisotopic (exact) mass is 320 g/mol. The maximum Gasteiger partial charge on any atom is 0.323 e. The number of urea groups is 1. The van der Waals surface area contributed by atoms with E-state index in [0.717, 1.165) is 38.5 Å². The van der Waals surface area contributed by atoms with Crippen molar-refractivity contribution < 1.29 is 9.32 Å². The van der Waals surface area contributed by atoms with Crippen LogP contribution >= 0.6 is 0 Å². The summed E-state index contributed by atoms with van der Waals surface area (Å²) in [6.45, 7) is 6.69. The molecule has 1 saturated carbocycles. The Bertz CT molecular complexity index is 510. The van der Waals surface area contributed by atoms with Crippen molar-refractivity contribution in [2.45, 2.75) is 45.4 Å². The van der Waals surface area contributed by atoms with Gasteiger partial charge in [0.25, 0.3) is 0 Å². The van der Waals surface area contributed by atoms with Crippen LogP contribution in [-0.4, -0.2) is 53.7 Å². The Morgan fingerprint density at radius 2 is 2.04 bits per heavy atom. The minimum absolute atomic E-state index is 0.0715. The molecule has 0 radical (unpaired) electrons. The zero-order valence-corrected chi connectivity index (χ0v) is 14.1. The van der Waals surface area contributed by atoms with Crippen LogP contribution in [0.15, 0.2) is 10.6 Å². The molecule has 0 aromatic carbocycles. The number of hydrogen-bond donors (Lipinski definition) is 1. The van der Waals surface area contributed by atoms with E-state index in [0.29, 0.717) is 11.6 Å². The molecule has 1 saturated heterocycles. The lowest BCUT2D eigenvalue weighted by atomic mass is 9.89. The number of carbonyl (C=O) groups is 1. The van der Waals surface area contributed by atoms with Gasteiger partial charge in [-0.1, -0.05) is 24.4 Å². The summed E-state index contributed by atoms with van der Waals surface area (Å²) in [6.07, 6.45) is 8.00. The van der Waals surface area contributed by atoms with Gasteiger partial charge in [-0.3, -0.25) is 5.32 Å². The molecule has 0 atom stereocenters. The van der Waals surface area contributed by atoms with Crippen LogP contribution in [0.4, 0.5) is 10.6 Å². The van der Waals surface area contributed by atoms with Gasteiger partial charge >= 0.3 is 6.03 Å². The third-order valence-electron chi connectivity index (χ3n) is 4.98. The Labute approximate surface area is 138 Å². The van der Waals surface area contributed by atoms with Gasteiger partial charge in [-0.15, -0.1) is 0 Å². The molecule has 23 heavy (non-hydrogen) atoms. The van der Waals surface area contributed by atoms with E-state index in [1.54, 1.807) is 6.07 Å². The minimum atomic E-state index is -0.0715. The van der Waals surface area contributed by atoms with Crippen LogP contribution in [0.1, 0.15) is 44.3 Å². The molecular formula is C17H28N4O2. The number of carbonyl (C=O) groups excluding carboxylic acids is 1. The van der Waals surface area contributed by atoms with Crippen molar-refractivity contribution in [3.8, 4) is 0 Å². The maximum absolute atomic E-state index is 12.3. The molecule has 1 aliphatic heterocycles. The second-order valence-corrected chi connectivity index (χ2v) is 6.90. The maximum atomic E-state index is 12.3. The summed E-state index contributed by atoms with van der Waals surface area (Å²) in [7, 11) is 0. The van der Waals surface area contributed by atoms with Gasteiger partial charge in [-0.05, 0) is 38.6 Å². The molecule has 3 rings (SSSR count). The SMILES string of the molecule is Cc1cc(NC(=O)N2CCCN(CC3CCCCC3)CC2)no1. The second kappa shape index (κ2) is 7.81. The van der Waals surface area contributed by atoms with Gasteiger partial charge in [0.05, 0.1) is 0 Å². The van der Waals surface area contributed by atoms with Gasteiger partial charge in [-0.25, -0.2) is 4.79 Å². The topological polar surface area (TPSA) is 61.6 Å². The fraction of sp³-hybridized carbons (Fsp3) is 0.765. The standard InChI is InChI=1S/C17H28N4O2/c1-14-12-16(19-23-14)18-17(22)21-9-5-8-20(10-11-21)13-15-6-3-2-4-7-15/h12,15H,2-11,13H2,1H3,(H,18,19,22). The lowest BCUT2D eigenvalue weighted by Gasteiger charge is -2.28. The average Bonchev–Trinajstić information content (AvgIpc) is 2.82. The highest BCUT2D eigenvalue weighted by atomic mass is 16.5. The van der Waals surface area contributed by atoms with E-state index in [2.05, 4.69) is 15.4 Å². The van der Waals surface area contributed by atoms with Crippen molar-refractivity contribution in [3.05, 3.63) is 11.8 Å². The van der Waals surface area contributed by atoms with E-state index in [9.17, 15) is 4.79 Å². The molecule has 2 fully saturated rings. The minimum Gasteiger partial charge on any atom is -0.360 e. The molecule has 2 heterocycles. The third-order valence-corrected chi connectivity index (χ3v) is 4.98. The Kier molecular flexibility index (Phi) is 5.54. The lowest BCUT2D eigenvalue weighted by molar-refractivity contribution is 0.197. The first-order chi connectivity index (χ1) is 11.2. The van der Waals surface area contributed by atoms with Gasteiger partial charge < -0.3 is 14.3 Å². The van der Waals surface area contributed by atoms with Crippen LogP contribution in [0, 0.1) is 12.8 Å². The summed E-state index contributed by atoms with van der Waals surface area (Å²) in [6, 6.07) is 1.67. The number of nitrogens with one attached hydrogen (secondary N) is 1. The van der Waals surface area contributed by atoms with E-state index < -0.39 is 0 Å². The van der Waals surface area contributed by atoms with E-state index in [4.69, 9.17) is 4.52 Å². The summed E-state index contributed by atoms with van der Waals surface area (Å²) in [5.41, 5.74) is 0. The molecule has 1 aliphatic carbocycles. The third kappa shape index (κ3) is 4.70. The molecule has 6 nitrogen and oxygen atoms in total. The van der Waals surface area contributed by atoms with Gasteiger partial charge in [-0.2, -0.15) is 0 Å². The number of aryl methyl sites for hydroxylation is 1. The summed E-state index contributed by atoms with van der Waals surface area (Å²) in [5.74, 6) is 2.06. The average molecular weight is 320 g/mol. The number of hydrogen-bond acceptors (Lipinski definition) is 4. The van der Waals surface area contributed by atoms with E-state index in [1.165, 1.54) is 38.6 Å². The van der Waals surface area contributed by atoms with Crippen LogP contribution in [0.3, 0.4) is 0 Å². The molecule has 1 aromatic heterocycles.